The highest BCUT2D eigenvalue weighted by Gasteiger charge is 2.26. The third kappa shape index (κ3) is 6.12. The summed E-state index contributed by atoms with van der Waals surface area (Å²) in [6.07, 6.45) is 1.26. The second kappa shape index (κ2) is 11.4. The largest absolute Gasteiger partial charge is 0.486 e. The third-order valence-corrected chi connectivity index (χ3v) is 5.25. The predicted molar refractivity (Wildman–Crippen MR) is 119 cm³/mol. The maximum Gasteiger partial charge on any atom is 0.315 e. The Morgan fingerprint density at radius 2 is 1.84 bits per heavy atom. The number of carbonyl (C=O) groups is 2. The van der Waals surface area contributed by atoms with Gasteiger partial charge in [0, 0.05) is 25.2 Å². The van der Waals surface area contributed by atoms with E-state index in [0.717, 1.165) is 17.5 Å². The number of ether oxygens (including phenoxy) is 2. The fourth-order valence-electron chi connectivity index (χ4n) is 3.57. The summed E-state index contributed by atoms with van der Waals surface area (Å²) in [6, 6.07) is 10.5. The van der Waals surface area contributed by atoms with Crippen LogP contribution in [0, 0.1) is 5.82 Å². The lowest BCUT2D eigenvalue weighted by atomic mass is 10.1. The molecule has 0 fully saturated rings. The Hall–Kier alpha value is -3.29. The lowest BCUT2D eigenvalue weighted by Gasteiger charge is -2.28. The van der Waals surface area contributed by atoms with E-state index < -0.39 is 12.1 Å². The van der Waals surface area contributed by atoms with Gasteiger partial charge in [-0.05, 0) is 37.1 Å². The van der Waals surface area contributed by atoms with Crippen molar-refractivity contribution in [1.29, 1.82) is 0 Å². The Kier molecular flexibility index (Phi) is 8.30. The molecule has 2 aromatic carbocycles. The summed E-state index contributed by atoms with van der Waals surface area (Å²) in [5.41, 5.74) is 1.64. The van der Waals surface area contributed by atoms with Gasteiger partial charge in [-0.15, -0.1) is 0 Å². The van der Waals surface area contributed by atoms with Crippen LogP contribution in [0.5, 0.6) is 11.5 Å². The van der Waals surface area contributed by atoms with Crippen LogP contribution < -0.4 is 20.1 Å². The number of carbonyl (C=O) groups excluding carboxylic acids is 2. The zero-order chi connectivity index (χ0) is 22.9. The average molecular weight is 444 g/mol. The number of benzene rings is 2. The molecule has 1 aliphatic heterocycles. The standard InChI is InChI=1S/C24H30FN3O4/c1-3-6-20(27-24(30)26-15-17-9-11-19(25)12-10-17)23(29)28(4-2)16-18-7-5-8-21-22(18)32-14-13-31-21/h5,7-12,20H,3-4,6,13-16H2,1-2H3,(H2,26,27,30). The third-order valence-electron chi connectivity index (χ3n) is 5.25. The van der Waals surface area contributed by atoms with Gasteiger partial charge in [-0.2, -0.15) is 0 Å². The molecular weight excluding hydrogens is 413 g/mol. The van der Waals surface area contributed by atoms with Crippen molar-refractivity contribution < 1.29 is 23.5 Å². The number of para-hydroxylation sites is 1. The van der Waals surface area contributed by atoms with Crippen LogP contribution in [0.25, 0.3) is 0 Å². The smallest absolute Gasteiger partial charge is 0.315 e. The number of halogens is 1. The van der Waals surface area contributed by atoms with Crippen molar-refractivity contribution in [3.63, 3.8) is 0 Å². The highest BCUT2D eigenvalue weighted by molar-refractivity contribution is 5.87. The zero-order valence-electron chi connectivity index (χ0n) is 18.5. The number of hydrogen-bond donors (Lipinski definition) is 2. The molecule has 0 radical (unpaired) electrons. The van der Waals surface area contributed by atoms with Gasteiger partial charge in [-0.3, -0.25) is 4.79 Å². The maximum atomic E-state index is 13.3. The predicted octanol–water partition coefficient (Wildman–Crippen LogP) is 3.61. The van der Waals surface area contributed by atoms with Crippen molar-refractivity contribution in [2.75, 3.05) is 19.8 Å². The second-order valence-corrected chi connectivity index (χ2v) is 7.59. The van der Waals surface area contributed by atoms with Crippen molar-refractivity contribution in [3.05, 3.63) is 59.4 Å². The molecule has 0 saturated heterocycles. The van der Waals surface area contributed by atoms with Crippen molar-refractivity contribution >= 4 is 11.9 Å². The Morgan fingerprint density at radius 1 is 1.09 bits per heavy atom. The number of nitrogens with one attached hydrogen (secondary N) is 2. The van der Waals surface area contributed by atoms with Crippen LogP contribution in [0.1, 0.15) is 37.8 Å². The van der Waals surface area contributed by atoms with E-state index in [1.807, 2.05) is 32.0 Å². The van der Waals surface area contributed by atoms with Gasteiger partial charge in [0.1, 0.15) is 25.1 Å². The number of hydrogen-bond acceptors (Lipinski definition) is 4. The molecule has 0 spiro atoms. The van der Waals surface area contributed by atoms with E-state index in [2.05, 4.69) is 10.6 Å². The van der Waals surface area contributed by atoms with Gasteiger partial charge in [0.25, 0.3) is 0 Å². The normalized spacial score (nSPS) is 13.2. The van der Waals surface area contributed by atoms with Crippen molar-refractivity contribution in [2.45, 2.75) is 45.8 Å². The summed E-state index contributed by atoms with van der Waals surface area (Å²) in [5.74, 6) is 0.867. The van der Waals surface area contributed by atoms with Crippen LogP contribution in [0.15, 0.2) is 42.5 Å². The van der Waals surface area contributed by atoms with Crippen LogP contribution in [0.4, 0.5) is 9.18 Å². The average Bonchev–Trinajstić information content (AvgIpc) is 2.81. The molecule has 3 amide bonds. The number of likely N-dealkylation sites (N-methyl/N-ethyl adjacent to an activating group) is 1. The van der Waals surface area contributed by atoms with E-state index >= 15 is 0 Å². The van der Waals surface area contributed by atoms with Gasteiger partial charge in [0.2, 0.25) is 5.91 Å². The summed E-state index contributed by atoms with van der Waals surface area (Å²) in [5, 5.41) is 5.52. The number of rotatable bonds is 9. The first-order valence-corrected chi connectivity index (χ1v) is 11.0. The fourth-order valence-corrected chi connectivity index (χ4v) is 3.57. The van der Waals surface area contributed by atoms with E-state index in [1.165, 1.54) is 12.1 Å². The molecule has 32 heavy (non-hydrogen) atoms. The molecule has 1 unspecified atom stereocenters. The minimum Gasteiger partial charge on any atom is -0.486 e. The van der Waals surface area contributed by atoms with Crippen LogP contribution in [0.2, 0.25) is 0 Å². The topological polar surface area (TPSA) is 79.9 Å². The first-order valence-electron chi connectivity index (χ1n) is 11.0. The fraction of sp³-hybridized carbons (Fsp3) is 0.417. The van der Waals surface area contributed by atoms with E-state index in [1.54, 1.807) is 17.0 Å². The molecule has 1 aliphatic rings. The molecule has 7 nitrogen and oxygen atoms in total. The SMILES string of the molecule is CCCC(NC(=O)NCc1ccc(F)cc1)C(=O)N(CC)Cc1cccc2c1OCCO2. The van der Waals surface area contributed by atoms with E-state index in [9.17, 15) is 14.0 Å². The molecule has 0 aliphatic carbocycles. The van der Waals surface area contributed by atoms with Crippen molar-refractivity contribution in [1.82, 2.24) is 15.5 Å². The number of urea groups is 1. The highest BCUT2D eigenvalue weighted by atomic mass is 19.1. The quantitative estimate of drug-likeness (QED) is 0.621. The molecule has 2 N–H and O–H groups in total. The molecule has 0 bridgehead atoms. The van der Waals surface area contributed by atoms with Crippen molar-refractivity contribution in [3.8, 4) is 11.5 Å². The summed E-state index contributed by atoms with van der Waals surface area (Å²) in [7, 11) is 0. The van der Waals surface area contributed by atoms with Gasteiger partial charge in [0.05, 0.1) is 0 Å². The molecule has 2 aromatic rings. The number of fused-ring (bicyclic) bond motifs is 1. The second-order valence-electron chi connectivity index (χ2n) is 7.59. The molecule has 172 valence electrons. The summed E-state index contributed by atoms with van der Waals surface area (Å²) < 4.78 is 24.4. The van der Waals surface area contributed by atoms with Crippen LogP contribution in [0.3, 0.4) is 0 Å². The summed E-state index contributed by atoms with van der Waals surface area (Å²) in [4.78, 5) is 27.4. The van der Waals surface area contributed by atoms with Gasteiger partial charge in [-0.1, -0.05) is 37.6 Å². The Balaban J connectivity index is 1.63. The molecule has 8 heteroatoms. The summed E-state index contributed by atoms with van der Waals surface area (Å²) >= 11 is 0. The highest BCUT2D eigenvalue weighted by Crippen LogP contribution is 2.34. The first-order chi connectivity index (χ1) is 15.5. The van der Waals surface area contributed by atoms with Crippen LogP contribution >= 0.6 is 0 Å². The Bertz CT molecular complexity index is 920. The molecule has 1 atom stereocenters. The Labute approximate surface area is 187 Å². The van der Waals surface area contributed by atoms with Gasteiger partial charge < -0.3 is 25.0 Å². The number of nitrogens with zero attached hydrogens (tertiary/aromatic N) is 1. The maximum absolute atomic E-state index is 13.3. The molecule has 0 saturated carbocycles. The van der Waals surface area contributed by atoms with Gasteiger partial charge >= 0.3 is 6.03 Å². The minimum atomic E-state index is -0.648. The van der Waals surface area contributed by atoms with Crippen LogP contribution in [-0.4, -0.2) is 42.6 Å². The monoisotopic (exact) mass is 443 g/mol. The van der Waals surface area contributed by atoms with Gasteiger partial charge in [0.15, 0.2) is 11.5 Å². The minimum absolute atomic E-state index is 0.152. The van der Waals surface area contributed by atoms with Gasteiger partial charge in [-0.25, -0.2) is 9.18 Å². The lowest BCUT2D eigenvalue weighted by Crippen LogP contribution is -2.51. The number of amides is 3. The van der Waals surface area contributed by atoms with Crippen molar-refractivity contribution in [2.24, 2.45) is 0 Å². The Morgan fingerprint density at radius 3 is 2.56 bits per heavy atom. The molecule has 1 heterocycles. The first kappa shape index (κ1) is 23.4. The molecule has 3 rings (SSSR count). The van der Waals surface area contributed by atoms with Crippen LogP contribution in [-0.2, 0) is 17.9 Å². The van der Waals surface area contributed by atoms with E-state index in [-0.39, 0.29) is 18.3 Å². The summed E-state index contributed by atoms with van der Waals surface area (Å²) in [6.45, 7) is 5.93. The molecular formula is C24H30FN3O4. The van der Waals surface area contributed by atoms with E-state index in [4.69, 9.17) is 9.47 Å². The molecule has 0 aromatic heterocycles. The van der Waals surface area contributed by atoms with E-state index in [0.29, 0.717) is 44.2 Å². The zero-order valence-corrected chi connectivity index (χ0v) is 18.5. The lowest BCUT2D eigenvalue weighted by molar-refractivity contribution is -0.133.